The predicted molar refractivity (Wildman–Crippen MR) is 218 cm³/mol. The maximum absolute atomic E-state index is 14.6. The van der Waals surface area contributed by atoms with Gasteiger partial charge in [0.1, 0.15) is 18.1 Å². The highest BCUT2D eigenvalue weighted by molar-refractivity contribution is 8.18. The van der Waals surface area contributed by atoms with Gasteiger partial charge in [0.25, 0.3) is 5.91 Å². The summed E-state index contributed by atoms with van der Waals surface area (Å²) in [4.78, 5) is 97.6. The number of unbranched alkanes of at least 4 members (excludes halogenated alkanes) is 1. The zero-order chi connectivity index (χ0) is 40.8. The Morgan fingerprint density at radius 2 is 1.61 bits per heavy atom. The third-order valence-electron chi connectivity index (χ3n) is 10.3. The molecule has 1 aliphatic carbocycles. The molecule has 2 unspecified atom stereocenters. The second-order valence-corrected chi connectivity index (χ2v) is 18.8. The first-order valence-corrected chi connectivity index (χ1v) is 21.9. The molecule has 0 bridgehead atoms. The summed E-state index contributed by atoms with van der Waals surface area (Å²) in [6.45, 7) is 5.73. The fraction of sp³-hybridized carbons (Fsp3) is 0.675. The molecule has 3 aliphatic rings. The Kier molecular flexibility index (Phi) is 17.4. The van der Waals surface area contributed by atoms with E-state index >= 15 is 0 Å². The van der Waals surface area contributed by atoms with Crippen LogP contribution in [0.15, 0.2) is 30.3 Å². The summed E-state index contributed by atoms with van der Waals surface area (Å²) in [5, 5.41) is 10.7. The maximum Gasteiger partial charge on any atom is 0.407 e. The summed E-state index contributed by atoms with van der Waals surface area (Å²) in [5.41, 5.74) is 0.558. The SMILES string of the molecule is CCCCC(NC(=O)[C@@H]1CC2(CN1C(=O)[C@@H](NC(=O)OCC(C)C)C1CCCCC1)SCCCS2)C(=O)C(=O)NCC(=O)NC(C(=O)N(C)C)c1ccccc1. The molecule has 2 saturated heterocycles. The van der Waals surface area contributed by atoms with Crippen LogP contribution in [0.2, 0.25) is 0 Å². The van der Waals surface area contributed by atoms with Gasteiger partial charge in [0.15, 0.2) is 0 Å². The summed E-state index contributed by atoms with van der Waals surface area (Å²) in [6.07, 6.45) is 6.55. The number of thioether (sulfide) groups is 2. The van der Waals surface area contributed by atoms with Gasteiger partial charge < -0.3 is 35.8 Å². The molecule has 1 spiro atoms. The molecule has 310 valence electrons. The van der Waals surface area contributed by atoms with E-state index in [-0.39, 0.29) is 36.7 Å². The van der Waals surface area contributed by atoms with Crippen molar-refractivity contribution in [2.75, 3.05) is 45.3 Å². The van der Waals surface area contributed by atoms with Crippen molar-refractivity contribution in [1.29, 1.82) is 0 Å². The zero-order valence-electron chi connectivity index (χ0n) is 33.4. The van der Waals surface area contributed by atoms with E-state index in [4.69, 9.17) is 4.74 Å². The summed E-state index contributed by atoms with van der Waals surface area (Å²) in [5.74, 6) is -2.12. The van der Waals surface area contributed by atoms with Gasteiger partial charge >= 0.3 is 6.09 Å². The number of rotatable bonds is 17. The molecule has 1 saturated carbocycles. The van der Waals surface area contributed by atoms with Crippen molar-refractivity contribution in [2.24, 2.45) is 11.8 Å². The minimum Gasteiger partial charge on any atom is -0.449 e. The van der Waals surface area contributed by atoms with Gasteiger partial charge in [-0.05, 0) is 54.6 Å². The molecular weight excluding hydrogens is 757 g/mol. The van der Waals surface area contributed by atoms with E-state index in [0.29, 0.717) is 31.4 Å². The highest BCUT2D eigenvalue weighted by Gasteiger charge is 2.52. The van der Waals surface area contributed by atoms with Crippen LogP contribution in [0.1, 0.15) is 96.6 Å². The number of likely N-dealkylation sites (tertiary alicyclic amines) is 1. The Morgan fingerprint density at radius 3 is 2.23 bits per heavy atom. The molecule has 0 radical (unpaired) electrons. The molecule has 2 aliphatic heterocycles. The average Bonchev–Trinajstić information content (AvgIpc) is 3.57. The number of amides is 6. The van der Waals surface area contributed by atoms with Crippen molar-refractivity contribution >= 4 is 64.9 Å². The molecule has 2 heterocycles. The lowest BCUT2D eigenvalue weighted by Gasteiger charge is -2.35. The number of hydrogen-bond acceptors (Lipinski definition) is 10. The second kappa shape index (κ2) is 21.7. The number of alkyl carbamates (subject to hydrolysis) is 1. The Morgan fingerprint density at radius 1 is 0.929 bits per heavy atom. The van der Waals surface area contributed by atoms with Gasteiger partial charge in [0.2, 0.25) is 29.4 Å². The summed E-state index contributed by atoms with van der Waals surface area (Å²) >= 11 is 3.46. The zero-order valence-corrected chi connectivity index (χ0v) is 35.1. The Bertz CT molecular complexity index is 1530. The number of ether oxygens (including phenoxy) is 1. The molecule has 4 N–H and O–H groups in total. The van der Waals surface area contributed by atoms with Crippen molar-refractivity contribution in [1.82, 2.24) is 31.1 Å². The molecule has 0 aromatic heterocycles. The highest BCUT2D eigenvalue weighted by atomic mass is 32.2. The molecular formula is C40H60N6O8S2. The lowest BCUT2D eigenvalue weighted by Crippen LogP contribution is -2.58. The summed E-state index contributed by atoms with van der Waals surface area (Å²) in [7, 11) is 3.14. The maximum atomic E-state index is 14.6. The topological polar surface area (TPSA) is 183 Å². The van der Waals surface area contributed by atoms with E-state index in [1.54, 1.807) is 72.9 Å². The largest absolute Gasteiger partial charge is 0.449 e. The number of ketones is 1. The third-order valence-corrected chi connectivity index (χ3v) is 13.7. The number of carbonyl (C=O) groups is 7. The minimum absolute atomic E-state index is 0.112. The van der Waals surface area contributed by atoms with Gasteiger partial charge in [-0.15, -0.1) is 23.5 Å². The molecule has 4 rings (SSSR count). The van der Waals surface area contributed by atoms with E-state index < -0.39 is 64.4 Å². The van der Waals surface area contributed by atoms with E-state index in [1.165, 1.54) is 4.90 Å². The molecule has 14 nitrogen and oxygen atoms in total. The van der Waals surface area contributed by atoms with Gasteiger partial charge in [0.05, 0.1) is 23.3 Å². The predicted octanol–water partition coefficient (Wildman–Crippen LogP) is 3.79. The van der Waals surface area contributed by atoms with Crippen molar-refractivity contribution in [2.45, 2.75) is 113 Å². The van der Waals surface area contributed by atoms with Crippen LogP contribution in [0.3, 0.4) is 0 Å². The molecule has 56 heavy (non-hydrogen) atoms. The number of nitrogens with one attached hydrogen (secondary N) is 4. The monoisotopic (exact) mass is 816 g/mol. The first-order chi connectivity index (χ1) is 26.7. The summed E-state index contributed by atoms with van der Waals surface area (Å²) < 4.78 is 5.00. The Balaban J connectivity index is 1.49. The number of Topliss-reactive ketones (excluding diaryl/α,β-unsaturated/α-hetero) is 1. The van der Waals surface area contributed by atoms with E-state index in [0.717, 1.165) is 50.0 Å². The minimum atomic E-state index is -1.20. The van der Waals surface area contributed by atoms with Crippen molar-refractivity contribution in [3.05, 3.63) is 35.9 Å². The number of hydrogen-bond donors (Lipinski definition) is 4. The van der Waals surface area contributed by atoms with Gasteiger partial charge in [-0.1, -0.05) is 83.2 Å². The lowest BCUT2D eigenvalue weighted by atomic mass is 9.83. The van der Waals surface area contributed by atoms with Crippen LogP contribution in [-0.2, 0) is 33.5 Å². The first kappa shape index (κ1) is 44.9. The molecule has 1 aromatic rings. The highest BCUT2D eigenvalue weighted by Crippen LogP contribution is 2.50. The normalized spacial score (nSPS) is 19.7. The van der Waals surface area contributed by atoms with Gasteiger partial charge in [-0.3, -0.25) is 28.8 Å². The van der Waals surface area contributed by atoms with Crippen LogP contribution in [0, 0.1) is 11.8 Å². The van der Waals surface area contributed by atoms with Crippen LogP contribution in [0.25, 0.3) is 0 Å². The first-order valence-electron chi connectivity index (χ1n) is 19.9. The third kappa shape index (κ3) is 12.6. The Labute approximate surface area is 339 Å². The fourth-order valence-electron chi connectivity index (χ4n) is 7.32. The van der Waals surface area contributed by atoms with Crippen molar-refractivity contribution in [3.8, 4) is 0 Å². The smallest absolute Gasteiger partial charge is 0.407 e. The quantitative estimate of drug-likeness (QED) is 0.169. The molecule has 1 aromatic carbocycles. The average molecular weight is 817 g/mol. The van der Waals surface area contributed by atoms with Crippen molar-refractivity contribution in [3.63, 3.8) is 0 Å². The van der Waals surface area contributed by atoms with E-state index in [1.807, 2.05) is 20.8 Å². The number of likely N-dealkylation sites (N-methyl/N-ethyl adjacent to an activating group) is 1. The standard InChI is InChI=1S/C40H60N6O8S2/c1-6-7-19-29(34(48)36(50)41-23-31(47)43-32(37(51)45(4)5)27-15-10-8-11-16-27)42-35(49)30-22-40(55-20-14-21-56-40)25-46(30)38(52)33(28-17-12-9-13-18-28)44-39(53)54-24-26(2)3/h8,10-11,15-16,26,28-30,32-33H,6-7,9,12-14,17-25H2,1-5H3,(H,41,50)(H,42,49)(H,43,47)(H,44,53)/t29?,30-,32?,33-/m0/s1. The number of carbonyl (C=O) groups excluding carboxylic acids is 7. The van der Waals surface area contributed by atoms with E-state index in [9.17, 15) is 33.6 Å². The van der Waals surface area contributed by atoms with Crippen LogP contribution < -0.4 is 21.3 Å². The number of nitrogens with zero attached hydrogens (tertiary/aromatic N) is 2. The molecule has 6 amide bonds. The van der Waals surface area contributed by atoms with Crippen LogP contribution in [0.4, 0.5) is 4.79 Å². The number of benzene rings is 1. The van der Waals surface area contributed by atoms with Gasteiger partial charge in [-0.25, -0.2) is 4.79 Å². The molecule has 16 heteroatoms. The van der Waals surface area contributed by atoms with E-state index in [2.05, 4.69) is 21.3 Å². The van der Waals surface area contributed by atoms with Crippen LogP contribution in [0.5, 0.6) is 0 Å². The lowest BCUT2D eigenvalue weighted by molar-refractivity contribution is -0.143. The molecule has 4 atom stereocenters. The molecule has 3 fully saturated rings. The fourth-order valence-corrected chi connectivity index (χ4v) is 10.7. The second-order valence-electron chi connectivity index (χ2n) is 15.6. The summed E-state index contributed by atoms with van der Waals surface area (Å²) in [6, 6.07) is 4.68. The Hall–Kier alpha value is -3.79. The van der Waals surface area contributed by atoms with Crippen molar-refractivity contribution < 1.29 is 38.3 Å². The van der Waals surface area contributed by atoms with Gasteiger partial charge in [-0.2, -0.15) is 0 Å². The van der Waals surface area contributed by atoms with Crippen LogP contribution in [-0.4, -0.2) is 119 Å². The van der Waals surface area contributed by atoms with Crippen LogP contribution >= 0.6 is 23.5 Å². The van der Waals surface area contributed by atoms with Gasteiger partial charge in [0, 0.05) is 27.1 Å².